The molecule has 0 unspecified atom stereocenters. The molecule has 0 bridgehead atoms. The van der Waals surface area contributed by atoms with Crippen molar-refractivity contribution in [2.24, 2.45) is 0 Å². The van der Waals surface area contributed by atoms with Gasteiger partial charge in [0.2, 0.25) is 0 Å². The number of hydrogen-bond acceptors (Lipinski definition) is 4. The highest BCUT2D eigenvalue weighted by atomic mass is 16.5. The first kappa shape index (κ1) is 14.3. The molecule has 4 heteroatoms. The van der Waals surface area contributed by atoms with Crippen LogP contribution < -0.4 is 10.4 Å². The average Bonchev–Trinajstić information content (AvgIpc) is 2.52. The summed E-state index contributed by atoms with van der Waals surface area (Å²) < 4.78 is 10.9. The highest BCUT2D eigenvalue weighted by Crippen LogP contribution is 2.30. The van der Waals surface area contributed by atoms with E-state index in [4.69, 9.17) is 9.15 Å². The Hall–Kier alpha value is -2.62. The van der Waals surface area contributed by atoms with Gasteiger partial charge in [-0.05, 0) is 31.5 Å². The number of rotatable bonds is 4. The van der Waals surface area contributed by atoms with Gasteiger partial charge in [0.05, 0.1) is 6.61 Å². The van der Waals surface area contributed by atoms with Crippen LogP contribution in [-0.4, -0.2) is 11.6 Å². The molecule has 112 valence electrons. The Kier molecular flexibility index (Phi) is 3.92. The van der Waals surface area contributed by atoms with Crippen LogP contribution in [0.15, 0.2) is 51.8 Å². The van der Waals surface area contributed by atoms with Crippen molar-refractivity contribution in [3.05, 3.63) is 58.7 Å². The van der Waals surface area contributed by atoms with E-state index in [1.807, 2.05) is 38.1 Å². The van der Waals surface area contributed by atoms with Gasteiger partial charge in [-0.25, -0.2) is 4.79 Å². The first-order valence-corrected chi connectivity index (χ1v) is 7.31. The molecule has 3 rings (SSSR count). The van der Waals surface area contributed by atoms with Crippen LogP contribution in [0, 0.1) is 6.92 Å². The van der Waals surface area contributed by atoms with Crippen LogP contribution in [0.5, 0.6) is 5.75 Å². The smallest absolute Gasteiger partial charge is 0.336 e. The number of hydrogen-bond donors (Lipinski definition) is 0. The van der Waals surface area contributed by atoms with Crippen LogP contribution in [0.2, 0.25) is 0 Å². The fraction of sp³-hybridized carbons (Fsp3) is 0.222. The maximum atomic E-state index is 11.9. The summed E-state index contributed by atoms with van der Waals surface area (Å²) in [6, 6.07) is 10.9. The number of aromatic nitrogens is 1. The third-order valence-corrected chi connectivity index (χ3v) is 3.49. The highest BCUT2D eigenvalue weighted by molar-refractivity contribution is 5.94. The van der Waals surface area contributed by atoms with Crippen LogP contribution >= 0.6 is 0 Å². The largest absolute Gasteiger partial charge is 0.493 e. The summed E-state index contributed by atoms with van der Waals surface area (Å²) in [6.45, 7) is 4.61. The molecule has 0 spiro atoms. The molecule has 4 nitrogen and oxygen atoms in total. The number of aryl methyl sites for hydroxylation is 1. The van der Waals surface area contributed by atoms with Gasteiger partial charge in [0, 0.05) is 40.5 Å². The van der Waals surface area contributed by atoms with E-state index in [0.29, 0.717) is 17.9 Å². The van der Waals surface area contributed by atoms with Gasteiger partial charge in [-0.2, -0.15) is 0 Å². The summed E-state index contributed by atoms with van der Waals surface area (Å²) in [5.41, 5.74) is 2.79. The molecule has 2 aromatic heterocycles. The van der Waals surface area contributed by atoms with Crippen molar-refractivity contribution in [2.75, 3.05) is 6.61 Å². The molecular weight excluding hydrogens is 278 g/mol. The molecule has 3 aromatic rings. The van der Waals surface area contributed by atoms with Gasteiger partial charge < -0.3 is 9.15 Å². The van der Waals surface area contributed by atoms with Gasteiger partial charge >= 0.3 is 5.63 Å². The fourth-order valence-electron chi connectivity index (χ4n) is 2.44. The van der Waals surface area contributed by atoms with Crippen LogP contribution in [0.25, 0.3) is 22.1 Å². The predicted molar refractivity (Wildman–Crippen MR) is 86.2 cm³/mol. The van der Waals surface area contributed by atoms with Crippen molar-refractivity contribution in [3.63, 3.8) is 0 Å². The number of ether oxygens (including phenoxy) is 1. The summed E-state index contributed by atoms with van der Waals surface area (Å²) in [5.74, 6) is 0.706. The van der Waals surface area contributed by atoms with Gasteiger partial charge in [-0.15, -0.1) is 0 Å². The van der Waals surface area contributed by atoms with E-state index >= 15 is 0 Å². The molecule has 0 atom stereocenters. The monoisotopic (exact) mass is 295 g/mol. The molecule has 0 saturated heterocycles. The minimum Gasteiger partial charge on any atom is -0.493 e. The third kappa shape index (κ3) is 2.72. The van der Waals surface area contributed by atoms with Crippen molar-refractivity contribution in [3.8, 4) is 16.9 Å². The molecule has 22 heavy (non-hydrogen) atoms. The maximum absolute atomic E-state index is 11.9. The predicted octanol–water partition coefficient (Wildman–Crippen LogP) is 3.95. The Morgan fingerprint density at radius 3 is 2.82 bits per heavy atom. The van der Waals surface area contributed by atoms with Crippen LogP contribution in [0.4, 0.5) is 0 Å². The number of fused-ring (bicyclic) bond motifs is 1. The summed E-state index contributed by atoms with van der Waals surface area (Å²) in [7, 11) is 0. The maximum Gasteiger partial charge on any atom is 0.336 e. The van der Waals surface area contributed by atoms with Crippen molar-refractivity contribution in [2.45, 2.75) is 20.3 Å². The molecular formula is C18H17NO3. The van der Waals surface area contributed by atoms with E-state index in [9.17, 15) is 4.79 Å². The van der Waals surface area contributed by atoms with E-state index in [0.717, 1.165) is 28.6 Å². The topological polar surface area (TPSA) is 52.3 Å². The van der Waals surface area contributed by atoms with E-state index < -0.39 is 0 Å². The quantitative estimate of drug-likeness (QED) is 0.684. The summed E-state index contributed by atoms with van der Waals surface area (Å²) in [6.07, 6.45) is 2.67. The summed E-state index contributed by atoms with van der Waals surface area (Å²) in [4.78, 5) is 16.2. The van der Waals surface area contributed by atoms with E-state index in [2.05, 4.69) is 4.98 Å². The molecule has 0 aliphatic carbocycles. The third-order valence-electron chi connectivity index (χ3n) is 3.49. The lowest BCUT2D eigenvalue weighted by atomic mass is 10.0. The van der Waals surface area contributed by atoms with Crippen molar-refractivity contribution in [1.29, 1.82) is 0 Å². The molecule has 0 fully saturated rings. The molecule has 0 aliphatic rings. The van der Waals surface area contributed by atoms with Crippen LogP contribution in [-0.2, 0) is 0 Å². The van der Waals surface area contributed by atoms with Crippen molar-refractivity contribution < 1.29 is 9.15 Å². The highest BCUT2D eigenvalue weighted by Gasteiger charge is 2.11. The molecule has 0 radical (unpaired) electrons. The Bertz CT molecular complexity index is 868. The second-order valence-corrected chi connectivity index (χ2v) is 5.12. The standard InChI is InChI=1S/C18H17NO3/c1-3-9-21-13-6-7-15-16(11-18(20)22-17(15)10-13)14-5-4-8-19-12(14)2/h4-8,10-11H,3,9H2,1-2H3. The average molecular weight is 295 g/mol. The normalized spacial score (nSPS) is 10.8. The van der Waals surface area contributed by atoms with E-state index in [1.165, 1.54) is 6.07 Å². The fourth-order valence-corrected chi connectivity index (χ4v) is 2.44. The number of pyridine rings is 1. The number of nitrogens with zero attached hydrogens (tertiary/aromatic N) is 1. The second-order valence-electron chi connectivity index (χ2n) is 5.12. The van der Waals surface area contributed by atoms with Crippen molar-refractivity contribution >= 4 is 11.0 Å². The van der Waals surface area contributed by atoms with E-state index in [1.54, 1.807) is 12.3 Å². The molecule has 0 aliphatic heterocycles. The molecule has 0 saturated carbocycles. The minimum atomic E-state index is -0.376. The Balaban J connectivity index is 2.19. The minimum absolute atomic E-state index is 0.376. The van der Waals surface area contributed by atoms with Crippen LogP contribution in [0.1, 0.15) is 19.0 Å². The van der Waals surface area contributed by atoms with E-state index in [-0.39, 0.29) is 5.63 Å². The zero-order chi connectivity index (χ0) is 15.5. The van der Waals surface area contributed by atoms with Gasteiger partial charge in [0.15, 0.2) is 0 Å². The Morgan fingerprint density at radius 2 is 2.05 bits per heavy atom. The van der Waals surface area contributed by atoms with Gasteiger partial charge in [0.25, 0.3) is 0 Å². The first-order valence-electron chi connectivity index (χ1n) is 7.31. The molecule has 0 amide bonds. The Labute approximate surface area is 128 Å². The molecule has 1 aromatic carbocycles. The zero-order valence-electron chi connectivity index (χ0n) is 12.6. The Morgan fingerprint density at radius 1 is 1.18 bits per heavy atom. The SMILES string of the molecule is CCCOc1ccc2c(-c3cccnc3C)cc(=O)oc2c1. The van der Waals surface area contributed by atoms with Gasteiger partial charge in [-0.1, -0.05) is 13.0 Å². The molecule has 0 N–H and O–H groups in total. The lowest BCUT2D eigenvalue weighted by Crippen LogP contribution is -2.00. The lowest BCUT2D eigenvalue weighted by molar-refractivity contribution is 0.317. The van der Waals surface area contributed by atoms with Crippen LogP contribution in [0.3, 0.4) is 0 Å². The van der Waals surface area contributed by atoms with Crippen molar-refractivity contribution in [1.82, 2.24) is 4.98 Å². The number of benzene rings is 1. The zero-order valence-corrected chi connectivity index (χ0v) is 12.6. The first-order chi connectivity index (χ1) is 10.7. The summed E-state index contributed by atoms with van der Waals surface area (Å²) >= 11 is 0. The lowest BCUT2D eigenvalue weighted by Gasteiger charge is -2.09. The molecule has 2 heterocycles. The van der Waals surface area contributed by atoms with Gasteiger partial charge in [-0.3, -0.25) is 4.98 Å². The van der Waals surface area contributed by atoms with Gasteiger partial charge in [0.1, 0.15) is 11.3 Å². The summed E-state index contributed by atoms with van der Waals surface area (Å²) in [5, 5.41) is 0.875. The second kappa shape index (κ2) is 6.02.